The van der Waals surface area contributed by atoms with Crippen LogP contribution < -0.4 is 0 Å². The number of alkyl halides is 30. The second-order valence-corrected chi connectivity index (χ2v) is 24.3. The normalized spacial score (nSPS) is 13.4. The first-order valence-corrected chi connectivity index (χ1v) is 29.7. The lowest BCUT2D eigenvalue weighted by molar-refractivity contribution is -0.327. The van der Waals surface area contributed by atoms with Crippen molar-refractivity contribution in [2.45, 2.75) is 338 Å². The highest BCUT2D eigenvalue weighted by Crippen LogP contribution is 2.49. The van der Waals surface area contributed by atoms with Crippen LogP contribution in [0.5, 0.6) is 0 Å². The smallest absolute Gasteiger partial charge is 0.171 e. The summed E-state index contributed by atoms with van der Waals surface area (Å²) >= 11 is 0. The van der Waals surface area contributed by atoms with Crippen LogP contribution in [0.4, 0.5) is 132 Å². The van der Waals surface area contributed by atoms with Crippen molar-refractivity contribution in [2.24, 2.45) is 58.1 Å². The lowest BCUT2D eigenvalue weighted by Gasteiger charge is -2.29. The second kappa shape index (κ2) is 56.0. The van der Waals surface area contributed by atoms with Gasteiger partial charge < -0.3 is 0 Å². The van der Waals surface area contributed by atoms with Crippen LogP contribution in [0.15, 0.2) is 0 Å². The standard InChI is InChI=1S/C6H8F6.2C6H11F3.C6H14.C5H6F6.2C5H9F3.2C5H12.2C4H7F3.C4H10/c1-2-3-4(5(7,8)9)6(10,11)12;1-5(2)3-4-6(7,8)9;1-2-3-4-5-6(7,8)9;1-4-5-6(2)3;1-3(2,4(6,7)8)5(9,10)11;1-4(2,3)5(6,7)8;1-3-4(2)5(6,7)8;1-4-5(2)3;1-3-5-4-2;2*1-3(2)4(5,6)7;1-4(2)3/h4H,2-3H2,1H3;5H,3-4H2,1-2H3;2-5H2,1H3;6H,4-5H2,1-3H3;1-2H3;1-3H3;4H,3H2,1-2H3;5H,4H2,1-3H3;3-5H2,1-2H3;2*3H,1-2H3;4H,1-3H3/i;;;;;;;;;3D;;4D. The minimum atomic E-state index is -5.24. The van der Waals surface area contributed by atoms with E-state index in [1.165, 1.54) is 59.3 Å². The van der Waals surface area contributed by atoms with Gasteiger partial charge in [0.2, 0.25) is 0 Å². The van der Waals surface area contributed by atoms with Gasteiger partial charge in [0, 0.05) is 27.4 Å². The number of rotatable bonds is 13. The Hall–Kier alpha value is -2.10. The van der Waals surface area contributed by atoms with Gasteiger partial charge in [-0.2, -0.15) is 132 Å². The Kier molecular flexibility index (Phi) is 67.9. The maximum atomic E-state index is 11.7. The zero-order valence-corrected chi connectivity index (χ0v) is 58.4. The number of hydrogen-bond donors (Lipinski definition) is 0. The topological polar surface area (TPSA) is 0 Å². The van der Waals surface area contributed by atoms with Gasteiger partial charge in [-0.25, -0.2) is 0 Å². The molecule has 0 aromatic carbocycles. The number of unbranched alkanes of at least 4 members (excludes halogenated alkanes) is 4. The molecule has 570 valence electrons. The zero-order chi connectivity index (χ0) is 79.1. The lowest BCUT2D eigenvalue weighted by atomic mass is 9.92. The minimum Gasteiger partial charge on any atom is -0.171 e. The fourth-order valence-electron chi connectivity index (χ4n) is 3.15. The van der Waals surface area contributed by atoms with E-state index in [1.54, 1.807) is 13.8 Å². The molecule has 0 fully saturated rings. The van der Waals surface area contributed by atoms with E-state index in [9.17, 15) is 132 Å². The number of hydrogen-bond acceptors (Lipinski definition) is 0. The summed E-state index contributed by atoms with van der Waals surface area (Å²) in [6, 6.07) is 0. The molecule has 0 nitrogen and oxygen atoms in total. The van der Waals surface area contributed by atoms with Crippen molar-refractivity contribution in [1.82, 2.24) is 0 Å². The molecule has 0 N–H and O–H groups in total. The van der Waals surface area contributed by atoms with Gasteiger partial charge in [-0.1, -0.05) is 224 Å². The average molecular weight is 1420 g/mol. The predicted molar refractivity (Wildman–Crippen MR) is 310 cm³/mol. The molecule has 91 heavy (non-hydrogen) atoms. The summed E-state index contributed by atoms with van der Waals surface area (Å²) in [6.07, 6.45) is -37.2. The molecule has 0 heterocycles. The third kappa shape index (κ3) is 104. The quantitative estimate of drug-likeness (QED) is 0.127. The lowest BCUT2D eigenvalue weighted by Crippen LogP contribution is -2.44. The molecule has 0 radical (unpaired) electrons. The van der Waals surface area contributed by atoms with Crippen molar-refractivity contribution in [3.63, 3.8) is 0 Å². The van der Waals surface area contributed by atoms with E-state index in [0.717, 1.165) is 66.7 Å². The van der Waals surface area contributed by atoms with E-state index in [1.807, 2.05) is 27.7 Å². The largest absolute Gasteiger partial charge is 0.402 e. The van der Waals surface area contributed by atoms with Gasteiger partial charge >= 0.3 is 61.8 Å². The molecular formula is C61H116F30. The van der Waals surface area contributed by atoms with Gasteiger partial charge in [0.05, 0.1) is 11.3 Å². The second-order valence-electron chi connectivity index (χ2n) is 24.3. The highest BCUT2D eigenvalue weighted by molar-refractivity contribution is 4.84. The molecule has 0 spiro atoms. The van der Waals surface area contributed by atoms with E-state index in [4.69, 9.17) is 2.74 Å². The fourth-order valence-corrected chi connectivity index (χ4v) is 3.15. The zero-order valence-electron chi connectivity index (χ0n) is 60.4. The summed E-state index contributed by atoms with van der Waals surface area (Å²) < 4.78 is 358. The van der Waals surface area contributed by atoms with E-state index in [0.29, 0.717) is 6.42 Å². The summed E-state index contributed by atoms with van der Waals surface area (Å²) in [4.78, 5) is 0. The molecule has 0 rings (SSSR count). The highest BCUT2D eigenvalue weighted by Gasteiger charge is 2.64. The van der Waals surface area contributed by atoms with E-state index in [-0.39, 0.29) is 51.3 Å². The van der Waals surface area contributed by atoms with E-state index >= 15 is 0 Å². The Bertz CT molecular complexity index is 1480. The molecule has 0 aromatic heterocycles. The summed E-state index contributed by atoms with van der Waals surface area (Å²) in [5.41, 5.74) is -5.19. The first kappa shape index (κ1) is 110. The van der Waals surface area contributed by atoms with Crippen LogP contribution in [0, 0.1) is 58.1 Å². The Morgan fingerprint density at radius 1 is 0.297 bits per heavy atom. The molecule has 0 aliphatic rings. The van der Waals surface area contributed by atoms with Gasteiger partial charge in [0.15, 0.2) is 11.3 Å². The Labute approximate surface area is 529 Å². The van der Waals surface area contributed by atoms with Gasteiger partial charge in [0.25, 0.3) is 0 Å². The molecular weight excluding hydrogens is 1300 g/mol. The minimum absolute atomic E-state index is 0.104. The third-order valence-corrected chi connectivity index (χ3v) is 10.5. The highest BCUT2D eigenvalue weighted by atomic mass is 19.5. The van der Waals surface area contributed by atoms with Crippen LogP contribution in [-0.2, 0) is 0 Å². The SMILES string of the molecule is CC(C)(C(F)(F)F)C(F)(F)F.CC(C)(C)C(F)(F)F.CC(C)C(F)(F)F.CC(C)CCC(F)(F)F.CCC(C)C.CCC(C)C(F)(F)F.CCCC(C(F)(F)F)C(F)(F)F.CCCC(C)C.CCCCC.CCCCCC(F)(F)F.[2H]C(C)(C)C.[2H]C(C)(C)C(F)(F)F. The van der Waals surface area contributed by atoms with Gasteiger partial charge in [-0.15, -0.1) is 0 Å². The molecule has 1 atom stereocenters. The van der Waals surface area contributed by atoms with Crippen molar-refractivity contribution in [1.29, 1.82) is 0 Å². The van der Waals surface area contributed by atoms with Crippen molar-refractivity contribution in [3.8, 4) is 0 Å². The molecule has 0 aromatic rings. The monoisotopic (exact) mass is 1420 g/mol. The van der Waals surface area contributed by atoms with Crippen LogP contribution in [0.1, 0.15) is 279 Å². The van der Waals surface area contributed by atoms with Crippen molar-refractivity contribution < 1.29 is 134 Å². The maximum Gasteiger partial charge on any atom is 0.402 e. The van der Waals surface area contributed by atoms with E-state index in [2.05, 4.69) is 55.4 Å². The van der Waals surface area contributed by atoms with Crippen LogP contribution in [-0.4, -0.2) is 61.8 Å². The van der Waals surface area contributed by atoms with E-state index < -0.39 is 116 Å². The van der Waals surface area contributed by atoms with Gasteiger partial charge in [-0.05, 0) is 63.2 Å². The van der Waals surface area contributed by atoms with Crippen LogP contribution in [0.2, 0.25) is 0 Å². The molecule has 30 heteroatoms. The maximum absolute atomic E-state index is 11.7. The molecule has 0 saturated heterocycles. The fraction of sp³-hybridized carbons (Fsp3) is 1.00. The summed E-state index contributed by atoms with van der Waals surface area (Å²) in [5, 5.41) is 0. The van der Waals surface area contributed by atoms with Crippen LogP contribution in [0.25, 0.3) is 0 Å². The average Bonchev–Trinajstić information content (AvgIpc) is 0.848. The van der Waals surface area contributed by atoms with Gasteiger partial charge in [0.1, 0.15) is 0 Å². The summed E-state index contributed by atoms with van der Waals surface area (Å²) in [5.74, 6) is -6.16. The van der Waals surface area contributed by atoms with Crippen molar-refractivity contribution >= 4 is 0 Å². The van der Waals surface area contributed by atoms with Crippen LogP contribution >= 0.6 is 0 Å². The molecule has 1 unspecified atom stereocenters. The Morgan fingerprint density at radius 3 is 0.604 bits per heavy atom. The third-order valence-electron chi connectivity index (χ3n) is 10.5. The number of halogens is 30. The molecule has 0 aliphatic heterocycles. The summed E-state index contributed by atoms with van der Waals surface area (Å²) in [7, 11) is 0. The van der Waals surface area contributed by atoms with Crippen molar-refractivity contribution in [3.05, 3.63) is 0 Å². The summed E-state index contributed by atoms with van der Waals surface area (Å²) in [6.45, 7) is 40.3. The Morgan fingerprint density at radius 2 is 0.549 bits per heavy atom. The molecule has 0 aliphatic carbocycles. The van der Waals surface area contributed by atoms with Gasteiger partial charge in [-0.3, -0.25) is 0 Å². The van der Waals surface area contributed by atoms with Crippen LogP contribution in [0.3, 0.4) is 0 Å². The Balaban J connectivity index is -0.0000000777. The predicted octanol–water partition coefficient (Wildman–Crippen LogP) is 30.7. The van der Waals surface area contributed by atoms with Crippen molar-refractivity contribution in [2.75, 3.05) is 0 Å². The molecule has 0 amide bonds. The first-order valence-electron chi connectivity index (χ1n) is 30.7. The first-order chi connectivity index (χ1) is 40.0. The molecule has 0 bridgehead atoms. The molecule has 0 saturated carbocycles.